The molecule has 7 heteroatoms. The number of nitrogens with zero attached hydrogens (tertiary/aromatic N) is 2. The summed E-state index contributed by atoms with van der Waals surface area (Å²) >= 11 is 0. The van der Waals surface area contributed by atoms with Crippen molar-refractivity contribution in [2.24, 2.45) is 0 Å². The lowest BCUT2D eigenvalue weighted by Crippen LogP contribution is -2.05. The molecule has 0 spiro atoms. The Morgan fingerprint density at radius 3 is 2.40 bits per heavy atom. The average Bonchev–Trinajstić information content (AvgIpc) is 2.62. The van der Waals surface area contributed by atoms with E-state index in [-0.39, 0.29) is 23.0 Å². The Bertz CT molecular complexity index is 868. The lowest BCUT2D eigenvalue weighted by atomic mass is 10.1. The maximum Gasteiger partial charge on any atom is 0.416 e. The van der Waals surface area contributed by atoms with Gasteiger partial charge in [0.25, 0.3) is 5.88 Å². The van der Waals surface area contributed by atoms with Crippen LogP contribution in [0.1, 0.15) is 5.56 Å². The first kappa shape index (κ1) is 16.8. The normalized spacial score (nSPS) is 11.2. The topological polar surface area (TPSA) is 44.2 Å². The smallest absolute Gasteiger partial charge is 0.416 e. The molecule has 0 fully saturated rings. The van der Waals surface area contributed by atoms with E-state index < -0.39 is 11.7 Å². The van der Waals surface area contributed by atoms with Crippen LogP contribution in [0.5, 0.6) is 17.4 Å². The molecule has 0 radical (unpaired) electrons. The number of hydrogen-bond acceptors (Lipinski definition) is 4. The quantitative estimate of drug-likeness (QED) is 0.669. The summed E-state index contributed by atoms with van der Waals surface area (Å²) in [6, 6.07) is 13.7. The minimum Gasteiger partial charge on any atom is -0.490 e. The lowest BCUT2D eigenvalue weighted by Gasteiger charge is -2.11. The van der Waals surface area contributed by atoms with Crippen LogP contribution in [0, 0.1) is 0 Å². The molecule has 0 saturated heterocycles. The Kier molecular flexibility index (Phi) is 4.56. The van der Waals surface area contributed by atoms with E-state index in [1.54, 1.807) is 24.3 Å². The number of ether oxygens (including phenoxy) is 2. The minimum atomic E-state index is -4.44. The maximum absolute atomic E-state index is 12.9. The van der Waals surface area contributed by atoms with Gasteiger partial charge in [0, 0.05) is 5.56 Å². The van der Waals surface area contributed by atoms with E-state index >= 15 is 0 Å². The number of methoxy groups -OCH3 is 1. The molecule has 0 N–H and O–H groups in total. The van der Waals surface area contributed by atoms with Crippen molar-refractivity contribution in [3.8, 4) is 28.8 Å². The molecule has 0 amide bonds. The molecule has 0 bridgehead atoms. The molecule has 1 heterocycles. The fraction of sp³-hybridized carbons (Fsp3) is 0.111. The van der Waals surface area contributed by atoms with Crippen molar-refractivity contribution in [3.05, 3.63) is 66.4 Å². The van der Waals surface area contributed by atoms with Gasteiger partial charge in [-0.15, -0.1) is 0 Å². The predicted octanol–water partition coefficient (Wildman–Crippen LogP) is 4.96. The van der Waals surface area contributed by atoms with Crippen LogP contribution in [-0.2, 0) is 6.18 Å². The van der Waals surface area contributed by atoms with E-state index in [2.05, 4.69) is 9.97 Å². The zero-order valence-corrected chi connectivity index (χ0v) is 13.1. The largest absolute Gasteiger partial charge is 0.490 e. The van der Waals surface area contributed by atoms with Crippen molar-refractivity contribution in [2.45, 2.75) is 6.18 Å². The van der Waals surface area contributed by atoms with Gasteiger partial charge in [0.1, 0.15) is 5.75 Å². The molecule has 3 rings (SSSR count). The Balaban J connectivity index is 2.00. The van der Waals surface area contributed by atoms with E-state index in [4.69, 9.17) is 9.47 Å². The molecule has 25 heavy (non-hydrogen) atoms. The molecular formula is C18H13F3N2O2. The van der Waals surface area contributed by atoms with Gasteiger partial charge in [-0.3, -0.25) is 0 Å². The lowest BCUT2D eigenvalue weighted by molar-refractivity contribution is -0.137. The Hall–Kier alpha value is -3.09. The van der Waals surface area contributed by atoms with E-state index in [9.17, 15) is 13.2 Å². The van der Waals surface area contributed by atoms with E-state index in [1.807, 2.05) is 6.07 Å². The molecule has 2 aromatic carbocycles. The van der Waals surface area contributed by atoms with Crippen LogP contribution >= 0.6 is 0 Å². The number of benzene rings is 2. The second kappa shape index (κ2) is 6.80. The Labute approximate surface area is 141 Å². The Morgan fingerprint density at radius 1 is 0.960 bits per heavy atom. The minimum absolute atomic E-state index is 0.109. The third kappa shape index (κ3) is 3.88. The highest BCUT2D eigenvalue weighted by Gasteiger charge is 2.30. The van der Waals surface area contributed by atoms with Gasteiger partial charge in [0.2, 0.25) is 0 Å². The van der Waals surface area contributed by atoms with Crippen molar-refractivity contribution in [3.63, 3.8) is 0 Å². The molecule has 4 nitrogen and oxygen atoms in total. The molecule has 0 unspecified atom stereocenters. The van der Waals surface area contributed by atoms with Crippen molar-refractivity contribution >= 4 is 0 Å². The van der Waals surface area contributed by atoms with E-state index in [0.29, 0.717) is 5.75 Å². The molecule has 0 saturated carbocycles. The van der Waals surface area contributed by atoms with Gasteiger partial charge in [-0.25, -0.2) is 4.98 Å². The fourth-order valence-corrected chi connectivity index (χ4v) is 2.14. The number of hydrogen-bond donors (Lipinski definition) is 0. The standard InChI is InChI=1S/C18H13F3N2O2/c1-24-15-11-22-16(12-6-5-7-13(10-12)18(19,20)21)23-17(15)25-14-8-3-2-4-9-14/h2-11H,1H3. The number of aromatic nitrogens is 2. The number of halogens is 3. The number of para-hydroxylation sites is 1. The maximum atomic E-state index is 12.9. The fourth-order valence-electron chi connectivity index (χ4n) is 2.14. The highest BCUT2D eigenvalue weighted by molar-refractivity contribution is 5.58. The van der Waals surface area contributed by atoms with Gasteiger partial charge < -0.3 is 9.47 Å². The average molecular weight is 346 g/mol. The van der Waals surface area contributed by atoms with Crippen LogP contribution < -0.4 is 9.47 Å². The van der Waals surface area contributed by atoms with Crippen LogP contribution in [-0.4, -0.2) is 17.1 Å². The molecule has 0 aliphatic heterocycles. The van der Waals surface area contributed by atoms with Gasteiger partial charge in [-0.1, -0.05) is 30.3 Å². The predicted molar refractivity (Wildman–Crippen MR) is 85.5 cm³/mol. The second-order valence-corrected chi connectivity index (χ2v) is 5.06. The molecule has 128 valence electrons. The van der Waals surface area contributed by atoms with Gasteiger partial charge >= 0.3 is 6.18 Å². The van der Waals surface area contributed by atoms with Crippen LogP contribution in [0.2, 0.25) is 0 Å². The first-order valence-corrected chi connectivity index (χ1v) is 7.29. The summed E-state index contributed by atoms with van der Waals surface area (Å²) in [5, 5.41) is 0. The highest BCUT2D eigenvalue weighted by atomic mass is 19.4. The van der Waals surface area contributed by atoms with Crippen molar-refractivity contribution in [1.82, 2.24) is 9.97 Å². The molecule has 0 aliphatic rings. The summed E-state index contributed by atoms with van der Waals surface area (Å²) < 4.78 is 49.5. The van der Waals surface area contributed by atoms with Crippen LogP contribution in [0.15, 0.2) is 60.8 Å². The van der Waals surface area contributed by atoms with Crippen LogP contribution in [0.25, 0.3) is 11.4 Å². The summed E-state index contributed by atoms with van der Waals surface area (Å²) in [5.41, 5.74) is -0.537. The summed E-state index contributed by atoms with van der Waals surface area (Å²) in [7, 11) is 1.43. The first-order chi connectivity index (χ1) is 12.0. The molecular weight excluding hydrogens is 333 g/mol. The molecule has 0 atom stereocenters. The van der Waals surface area contributed by atoms with E-state index in [1.165, 1.54) is 25.4 Å². The summed E-state index contributed by atoms with van der Waals surface area (Å²) in [4.78, 5) is 8.27. The second-order valence-electron chi connectivity index (χ2n) is 5.06. The highest BCUT2D eigenvalue weighted by Crippen LogP contribution is 2.34. The molecule has 3 aromatic rings. The van der Waals surface area contributed by atoms with Gasteiger partial charge in [-0.2, -0.15) is 18.2 Å². The van der Waals surface area contributed by atoms with Crippen LogP contribution in [0.3, 0.4) is 0 Å². The SMILES string of the molecule is COc1cnc(-c2cccc(C(F)(F)F)c2)nc1Oc1ccccc1. The molecule has 0 aliphatic carbocycles. The third-order valence-corrected chi connectivity index (χ3v) is 3.35. The number of rotatable bonds is 4. The van der Waals surface area contributed by atoms with Crippen LogP contribution in [0.4, 0.5) is 13.2 Å². The summed E-state index contributed by atoms with van der Waals surface area (Å²) in [6.07, 6.45) is -3.08. The summed E-state index contributed by atoms with van der Waals surface area (Å²) in [6.45, 7) is 0. The summed E-state index contributed by atoms with van der Waals surface area (Å²) in [5.74, 6) is 1.03. The number of alkyl halides is 3. The van der Waals surface area contributed by atoms with Crippen molar-refractivity contribution in [1.29, 1.82) is 0 Å². The van der Waals surface area contributed by atoms with Crippen molar-refractivity contribution < 1.29 is 22.6 Å². The monoisotopic (exact) mass is 346 g/mol. The Morgan fingerprint density at radius 2 is 1.72 bits per heavy atom. The zero-order valence-electron chi connectivity index (χ0n) is 13.1. The van der Waals surface area contributed by atoms with Crippen molar-refractivity contribution in [2.75, 3.05) is 7.11 Å². The zero-order chi connectivity index (χ0) is 17.9. The first-order valence-electron chi connectivity index (χ1n) is 7.29. The van der Waals surface area contributed by atoms with Gasteiger partial charge in [0.05, 0.1) is 18.9 Å². The van der Waals surface area contributed by atoms with Gasteiger partial charge in [0.15, 0.2) is 11.6 Å². The van der Waals surface area contributed by atoms with E-state index in [0.717, 1.165) is 12.1 Å². The molecule has 1 aromatic heterocycles. The van der Waals surface area contributed by atoms with Gasteiger partial charge in [-0.05, 0) is 24.3 Å². The third-order valence-electron chi connectivity index (χ3n) is 3.35.